The number of aryl methyl sites for hydroxylation is 2. The van der Waals surface area contributed by atoms with Crippen LogP contribution < -0.4 is 10.1 Å². The van der Waals surface area contributed by atoms with Crippen molar-refractivity contribution in [3.63, 3.8) is 0 Å². The highest BCUT2D eigenvalue weighted by molar-refractivity contribution is 5.35. The maximum Gasteiger partial charge on any atom is 0.122 e. The van der Waals surface area contributed by atoms with Crippen molar-refractivity contribution in [2.45, 2.75) is 45.6 Å². The van der Waals surface area contributed by atoms with Gasteiger partial charge in [-0.2, -0.15) is 0 Å². The first kappa shape index (κ1) is 13.4. The van der Waals surface area contributed by atoms with Gasteiger partial charge in [-0.1, -0.05) is 24.1 Å². The van der Waals surface area contributed by atoms with Gasteiger partial charge in [0.2, 0.25) is 0 Å². The molecule has 1 aliphatic rings. The third-order valence-corrected chi connectivity index (χ3v) is 3.91. The molecule has 1 saturated carbocycles. The van der Waals surface area contributed by atoms with Crippen molar-refractivity contribution in [3.05, 3.63) is 29.3 Å². The Morgan fingerprint density at radius 1 is 1.22 bits per heavy atom. The first-order chi connectivity index (χ1) is 8.70. The van der Waals surface area contributed by atoms with Crippen LogP contribution in [-0.4, -0.2) is 19.7 Å². The molecule has 100 valence electrons. The van der Waals surface area contributed by atoms with E-state index in [4.69, 9.17) is 4.74 Å². The molecule has 1 aromatic carbocycles. The van der Waals surface area contributed by atoms with Crippen LogP contribution in [0.25, 0.3) is 0 Å². The Balaban J connectivity index is 2.06. The van der Waals surface area contributed by atoms with Crippen LogP contribution in [0.5, 0.6) is 5.75 Å². The van der Waals surface area contributed by atoms with Crippen LogP contribution in [0.2, 0.25) is 0 Å². The minimum absolute atomic E-state index is 0.382. The van der Waals surface area contributed by atoms with E-state index in [1.54, 1.807) is 0 Å². The molecule has 2 rings (SSSR count). The predicted octanol–water partition coefficient (Wildman–Crippen LogP) is 3.46. The summed E-state index contributed by atoms with van der Waals surface area (Å²) in [6.45, 7) is 5.33. The topological polar surface area (TPSA) is 21.3 Å². The molecule has 0 radical (unpaired) electrons. The predicted molar refractivity (Wildman–Crippen MR) is 76.2 cm³/mol. The zero-order valence-corrected chi connectivity index (χ0v) is 11.8. The molecule has 2 atom stereocenters. The van der Waals surface area contributed by atoms with Crippen molar-refractivity contribution in [1.29, 1.82) is 0 Å². The Bertz CT molecular complexity index is 387. The third kappa shape index (κ3) is 3.26. The molecule has 1 fully saturated rings. The van der Waals surface area contributed by atoms with Crippen molar-refractivity contribution in [1.82, 2.24) is 5.32 Å². The van der Waals surface area contributed by atoms with Gasteiger partial charge in [0.1, 0.15) is 11.9 Å². The molecular formula is C16H25NO. The minimum Gasteiger partial charge on any atom is -0.490 e. The Morgan fingerprint density at radius 3 is 2.72 bits per heavy atom. The summed E-state index contributed by atoms with van der Waals surface area (Å²) in [5.74, 6) is 1.72. The number of rotatable bonds is 4. The van der Waals surface area contributed by atoms with Gasteiger partial charge in [0, 0.05) is 12.5 Å². The summed E-state index contributed by atoms with van der Waals surface area (Å²) in [7, 11) is 2.03. The summed E-state index contributed by atoms with van der Waals surface area (Å²) in [6.07, 6.45) is 5.51. The zero-order chi connectivity index (χ0) is 13.0. The van der Waals surface area contributed by atoms with Gasteiger partial charge in [0.15, 0.2) is 0 Å². The van der Waals surface area contributed by atoms with Gasteiger partial charge in [-0.3, -0.25) is 0 Å². The number of benzene rings is 1. The molecule has 1 N–H and O–H groups in total. The first-order valence-corrected chi connectivity index (χ1v) is 7.09. The van der Waals surface area contributed by atoms with Crippen LogP contribution in [-0.2, 0) is 0 Å². The van der Waals surface area contributed by atoms with Crippen LogP contribution in [0.1, 0.15) is 36.8 Å². The van der Waals surface area contributed by atoms with E-state index in [1.165, 1.54) is 36.8 Å². The van der Waals surface area contributed by atoms with Gasteiger partial charge < -0.3 is 10.1 Å². The largest absolute Gasteiger partial charge is 0.490 e. The van der Waals surface area contributed by atoms with Gasteiger partial charge >= 0.3 is 0 Å². The average molecular weight is 247 g/mol. The molecule has 0 heterocycles. The molecule has 0 saturated heterocycles. The van der Waals surface area contributed by atoms with E-state index < -0.39 is 0 Å². The Morgan fingerprint density at radius 2 is 2.00 bits per heavy atom. The summed E-state index contributed by atoms with van der Waals surface area (Å²) < 4.78 is 6.27. The molecule has 2 nitrogen and oxygen atoms in total. The molecule has 0 aromatic heterocycles. The third-order valence-electron chi connectivity index (χ3n) is 3.91. The maximum atomic E-state index is 6.27. The highest BCUT2D eigenvalue weighted by Crippen LogP contribution is 2.29. The van der Waals surface area contributed by atoms with Crippen LogP contribution >= 0.6 is 0 Å². The Kier molecular flexibility index (Phi) is 4.65. The van der Waals surface area contributed by atoms with Gasteiger partial charge in [-0.15, -0.1) is 0 Å². The summed E-state index contributed by atoms with van der Waals surface area (Å²) in [4.78, 5) is 0. The van der Waals surface area contributed by atoms with Crippen molar-refractivity contribution in [2.24, 2.45) is 5.92 Å². The highest BCUT2D eigenvalue weighted by Gasteiger charge is 2.26. The lowest BCUT2D eigenvalue weighted by molar-refractivity contribution is 0.0924. The summed E-state index contributed by atoms with van der Waals surface area (Å²) in [5, 5.41) is 3.30. The molecule has 0 aliphatic heterocycles. The van der Waals surface area contributed by atoms with E-state index in [0.717, 1.165) is 12.3 Å². The van der Waals surface area contributed by atoms with E-state index in [1.807, 2.05) is 7.05 Å². The number of hydrogen-bond donors (Lipinski definition) is 1. The fourth-order valence-electron chi connectivity index (χ4n) is 2.92. The molecule has 18 heavy (non-hydrogen) atoms. The number of hydrogen-bond acceptors (Lipinski definition) is 2. The second-order valence-corrected chi connectivity index (χ2v) is 5.53. The standard InChI is InChI=1S/C16H25NO/c1-12-8-9-15(13(2)10-12)18-16-7-5-4-6-14(16)11-17-3/h8-10,14,16-17H,4-7,11H2,1-3H3. The van der Waals surface area contributed by atoms with Crippen molar-refractivity contribution >= 4 is 0 Å². The first-order valence-electron chi connectivity index (χ1n) is 7.09. The summed E-state index contributed by atoms with van der Waals surface area (Å²) >= 11 is 0. The number of ether oxygens (including phenoxy) is 1. The van der Waals surface area contributed by atoms with E-state index in [-0.39, 0.29) is 0 Å². The van der Waals surface area contributed by atoms with Gasteiger partial charge in [0.25, 0.3) is 0 Å². The normalized spacial score (nSPS) is 23.9. The van der Waals surface area contributed by atoms with E-state index in [0.29, 0.717) is 12.0 Å². The van der Waals surface area contributed by atoms with Gasteiger partial charge in [0.05, 0.1) is 0 Å². The van der Waals surface area contributed by atoms with Crippen molar-refractivity contribution in [3.8, 4) is 5.75 Å². The fourth-order valence-corrected chi connectivity index (χ4v) is 2.92. The van der Waals surface area contributed by atoms with Crippen LogP contribution in [0.3, 0.4) is 0 Å². The zero-order valence-electron chi connectivity index (χ0n) is 11.8. The molecular weight excluding hydrogens is 222 g/mol. The van der Waals surface area contributed by atoms with Crippen LogP contribution in [0, 0.1) is 19.8 Å². The lowest BCUT2D eigenvalue weighted by atomic mass is 9.86. The van der Waals surface area contributed by atoms with Crippen LogP contribution in [0.15, 0.2) is 18.2 Å². The molecule has 2 unspecified atom stereocenters. The minimum atomic E-state index is 0.382. The fraction of sp³-hybridized carbons (Fsp3) is 0.625. The van der Waals surface area contributed by atoms with E-state index in [9.17, 15) is 0 Å². The quantitative estimate of drug-likeness (QED) is 0.879. The summed E-state index contributed by atoms with van der Waals surface area (Å²) in [5.41, 5.74) is 2.55. The molecule has 0 bridgehead atoms. The smallest absolute Gasteiger partial charge is 0.122 e. The summed E-state index contributed by atoms with van der Waals surface area (Å²) in [6, 6.07) is 6.46. The second-order valence-electron chi connectivity index (χ2n) is 5.53. The van der Waals surface area contributed by atoms with Gasteiger partial charge in [-0.25, -0.2) is 0 Å². The number of nitrogens with one attached hydrogen (secondary N) is 1. The Labute approximate surface area is 111 Å². The monoisotopic (exact) mass is 247 g/mol. The Hall–Kier alpha value is -1.02. The molecule has 1 aliphatic carbocycles. The maximum absolute atomic E-state index is 6.27. The van der Waals surface area contributed by atoms with Crippen LogP contribution in [0.4, 0.5) is 0 Å². The molecule has 0 amide bonds. The van der Waals surface area contributed by atoms with Crippen molar-refractivity contribution < 1.29 is 4.74 Å². The van der Waals surface area contributed by atoms with Gasteiger partial charge in [-0.05, 0) is 51.8 Å². The molecule has 0 spiro atoms. The highest BCUT2D eigenvalue weighted by atomic mass is 16.5. The molecule has 1 aromatic rings. The lowest BCUT2D eigenvalue weighted by Gasteiger charge is -2.32. The SMILES string of the molecule is CNCC1CCCCC1Oc1ccc(C)cc1C. The van der Waals surface area contributed by atoms with Crippen molar-refractivity contribution in [2.75, 3.05) is 13.6 Å². The second kappa shape index (κ2) is 6.24. The average Bonchev–Trinajstić information content (AvgIpc) is 2.35. The van der Waals surface area contributed by atoms with E-state index >= 15 is 0 Å². The molecule has 2 heteroatoms. The lowest BCUT2D eigenvalue weighted by Crippen LogP contribution is -2.36. The van der Waals surface area contributed by atoms with E-state index in [2.05, 4.69) is 37.4 Å².